The lowest BCUT2D eigenvalue weighted by Gasteiger charge is -2.14. The number of hydrogen-bond acceptors (Lipinski definition) is 2. The molecule has 2 rings (SSSR count). The molecule has 3 heteroatoms. The number of aromatic nitrogens is 1. The van der Waals surface area contributed by atoms with Gasteiger partial charge in [0, 0.05) is 6.20 Å². The molecule has 1 aliphatic rings. The van der Waals surface area contributed by atoms with Crippen LogP contribution in [0.5, 0.6) is 0 Å². The van der Waals surface area contributed by atoms with Gasteiger partial charge in [-0.05, 0) is 43.4 Å². The minimum absolute atomic E-state index is 0.140. The molecule has 0 amide bonds. The number of rotatable bonds is 2. The molecular formula is C13H14ClNO. The van der Waals surface area contributed by atoms with Gasteiger partial charge in [-0.3, -0.25) is 9.78 Å². The van der Waals surface area contributed by atoms with E-state index >= 15 is 0 Å². The van der Waals surface area contributed by atoms with Gasteiger partial charge in [0.25, 0.3) is 0 Å². The molecule has 0 saturated heterocycles. The Morgan fingerprint density at radius 2 is 1.94 bits per heavy atom. The average molecular weight is 236 g/mol. The van der Waals surface area contributed by atoms with Gasteiger partial charge in [0.2, 0.25) is 5.78 Å². The summed E-state index contributed by atoms with van der Waals surface area (Å²) in [6, 6.07) is 5.29. The zero-order valence-corrected chi connectivity index (χ0v) is 9.83. The number of Topliss-reactive ketones (excluding diaryl/α,β-unsaturated/α-hetero) is 1. The highest BCUT2D eigenvalue weighted by atomic mass is 35.5. The molecule has 0 radical (unpaired) electrons. The molecule has 1 aromatic heterocycles. The van der Waals surface area contributed by atoms with E-state index in [0.717, 1.165) is 31.3 Å². The fourth-order valence-corrected chi connectivity index (χ4v) is 2.25. The molecule has 16 heavy (non-hydrogen) atoms. The predicted molar refractivity (Wildman–Crippen MR) is 64.5 cm³/mol. The smallest absolute Gasteiger partial charge is 0.222 e. The van der Waals surface area contributed by atoms with E-state index in [1.807, 2.05) is 0 Å². The lowest BCUT2D eigenvalue weighted by atomic mass is 9.93. The van der Waals surface area contributed by atoms with Crippen molar-refractivity contribution in [1.29, 1.82) is 0 Å². The highest BCUT2D eigenvalue weighted by molar-refractivity contribution is 6.45. The molecule has 0 atom stereocenters. The van der Waals surface area contributed by atoms with Gasteiger partial charge in [-0.25, -0.2) is 0 Å². The predicted octanol–water partition coefficient (Wildman–Crippen LogP) is 3.72. The van der Waals surface area contributed by atoms with E-state index in [0.29, 0.717) is 10.7 Å². The van der Waals surface area contributed by atoms with Gasteiger partial charge in [-0.2, -0.15) is 0 Å². The van der Waals surface area contributed by atoms with E-state index in [-0.39, 0.29) is 5.78 Å². The number of carbonyl (C=O) groups is 1. The lowest BCUT2D eigenvalue weighted by Crippen LogP contribution is -2.06. The molecule has 0 spiro atoms. The van der Waals surface area contributed by atoms with E-state index in [9.17, 15) is 4.79 Å². The zero-order chi connectivity index (χ0) is 11.4. The maximum Gasteiger partial charge on any atom is 0.222 e. The first kappa shape index (κ1) is 11.3. The number of pyridine rings is 1. The molecule has 0 aliphatic heterocycles. The zero-order valence-electron chi connectivity index (χ0n) is 9.08. The van der Waals surface area contributed by atoms with Crippen molar-refractivity contribution in [3.63, 3.8) is 0 Å². The van der Waals surface area contributed by atoms with Gasteiger partial charge in [-0.1, -0.05) is 24.1 Å². The number of carbonyl (C=O) groups excluding carboxylic acids is 1. The third-order valence-electron chi connectivity index (χ3n) is 2.86. The summed E-state index contributed by atoms with van der Waals surface area (Å²) in [4.78, 5) is 16.0. The molecule has 0 bridgehead atoms. The van der Waals surface area contributed by atoms with Crippen LogP contribution in [0.4, 0.5) is 0 Å². The number of allylic oxidation sites excluding steroid dienone is 2. The number of halogens is 1. The van der Waals surface area contributed by atoms with Gasteiger partial charge >= 0.3 is 0 Å². The summed E-state index contributed by atoms with van der Waals surface area (Å²) in [5.74, 6) is -0.140. The van der Waals surface area contributed by atoms with Crippen LogP contribution in [0.2, 0.25) is 0 Å². The SMILES string of the molecule is O=C(C(Cl)=C1CCCCC1)c1ccccn1. The average Bonchev–Trinajstić information content (AvgIpc) is 2.39. The van der Waals surface area contributed by atoms with Crippen LogP contribution in [0.15, 0.2) is 35.0 Å². The summed E-state index contributed by atoms with van der Waals surface area (Å²) in [5.41, 5.74) is 1.54. The Labute approximate surface area is 100 Å². The Hall–Kier alpha value is -1.15. The highest BCUT2D eigenvalue weighted by Gasteiger charge is 2.17. The first-order valence-corrected chi connectivity index (χ1v) is 6.00. The van der Waals surface area contributed by atoms with Crippen molar-refractivity contribution in [2.24, 2.45) is 0 Å². The van der Waals surface area contributed by atoms with Crippen LogP contribution >= 0.6 is 11.6 Å². The molecule has 1 aromatic rings. The van der Waals surface area contributed by atoms with Gasteiger partial charge < -0.3 is 0 Å². The summed E-state index contributed by atoms with van der Waals surface area (Å²) in [6.45, 7) is 0. The van der Waals surface area contributed by atoms with Crippen molar-refractivity contribution in [3.05, 3.63) is 40.7 Å². The van der Waals surface area contributed by atoms with Crippen LogP contribution in [0, 0.1) is 0 Å². The Morgan fingerprint density at radius 1 is 1.19 bits per heavy atom. The lowest BCUT2D eigenvalue weighted by molar-refractivity contribution is 0.103. The Bertz CT molecular complexity index is 403. The fraction of sp³-hybridized carbons (Fsp3) is 0.385. The van der Waals surface area contributed by atoms with Crippen molar-refractivity contribution < 1.29 is 4.79 Å². The second kappa shape index (κ2) is 5.26. The van der Waals surface area contributed by atoms with Crippen LogP contribution in [-0.4, -0.2) is 10.8 Å². The normalized spacial score (nSPS) is 15.9. The topological polar surface area (TPSA) is 30.0 Å². The third kappa shape index (κ3) is 2.50. The van der Waals surface area contributed by atoms with Gasteiger partial charge in [0.05, 0.1) is 5.03 Å². The van der Waals surface area contributed by atoms with Gasteiger partial charge in [0.15, 0.2) is 0 Å². The van der Waals surface area contributed by atoms with Crippen molar-refractivity contribution in [1.82, 2.24) is 4.98 Å². The molecule has 0 N–H and O–H groups in total. The van der Waals surface area contributed by atoms with Crippen LogP contribution in [0.25, 0.3) is 0 Å². The first-order valence-electron chi connectivity index (χ1n) is 5.62. The summed E-state index contributed by atoms with van der Waals surface area (Å²) >= 11 is 6.13. The Balaban J connectivity index is 2.21. The van der Waals surface area contributed by atoms with E-state index in [1.54, 1.807) is 24.4 Å². The van der Waals surface area contributed by atoms with E-state index in [4.69, 9.17) is 11.6 Å². The molecule has 1 fully saturated rings. The molecule has 1 saturated carbocycles. The molecule has 0 aromatic carbocycles. The van der Waals surface area contributed by atoms with Crippen molar-refractivity contribution in [3.8, 4) is 0 Å². The van der Waals surface area contributed by atoms with Gasteiger partial charge in [0.1, 0.15) is 5.69 Å². The standard InChI is InChI=1S/C13H14ClNO/c14-12(10-6-2-1-3-7-10)13(16)11-8-4-5-9-15-11/h4-5,8-9H,1-3,6-7H2. The van der Waals surface area contributed by atoms with E-state index < -0.39 is 0 Å². The number of ketones is 1. The second-order valence-corrected chi connectivity index (χ2v) is 4.40. The molecule has 2 nitrogen and oxygen atoms in total. The third-order valence-corrected chi connectivity index (χ3v) is 3.30. The minimum atomic E-state index is -0.140. The largest absolute Gasteiger partial charge is 0.286 e. The number of nitrogens with zero attached hydrogens (tertiary/aromatic N) is 1. The molecular weight excluding hydrogens is 222 g/mol. The fourth-order valence-electron chi connectivity index (χ4n) is 1.97. The number of hydrogen-bond donors (Lipinski definition) is 0. The summed E-state index contributed by atoms with van der Waals surface area (Å²) in [5, 5.41) is 0.387. The minimum Gasteiger partial charge on any atom is -0.286 e. The molecule has 84 valence electrons. The molecule has 1 aliphatic carbocycles. The van der Waals surface area contributed by atoms with Crippen LogP contribution in [0.1, 0.15) is 42.6 Å². The van der Waals surface area contributed by atoms with E-state index in [1.165, 1.54) is 6.42 Å². The van der Waals surface area contributed by atoms with Gasteiger partial charge in [-0.15, -0.1) is 0 Å². The second-order valence-electron chi connectivity index (χ2n) is 4.02. The van der Waals surface area contributed by atoms with Crippen molar-refractivity contribution in [2.45, 2.75) is 32.1 Å². The highest BCUT2D eigenvalue weighted by Crippen LogP contribution is 2.28. The summed E-state index contributed by atoms with van der Waals surface area (Å²) in [6.07, 6.45) is 7.05. The Kier molecular flexibility index (Phi) is 3.73. The summed E-state index contributed by atoms with van der Waals surface area (Å²) in [7, 11) is 0. The molecule has 1 heterocycles. The van der Waals surface area contributed by atoms with Crippen LogP contribution in [0.3, 0.4) is 0 Å². The van der Waals surface area contributed by atoms with E-state index in [2.05, 4.69) is 4.98 Å². The summed E-state index contributed by atoms with van der Waals surface area (Å²) < 4.78 is 0. The van der Waals surface area contributed by atoms with Crippen LogP contribution in [-0.2, 0) is 0 Å². The maximum atomic E-state index is 12.0. The molecule has 0 unspecified atom stereocenters. The maximum absolute atomic E-state index is 12.0. The van der Waals surface area contributed by atoms with Crippen molar-refractivity contribution >= 4 is 17.4 Å². The monoisotopic (exact) mass is 235 g/mol. The quantitative estimate of drug-likeness (QED) is 0.578. The van der Waals surface area contributed by atoms with Crippen molar-refractivity contribution in [2.75, 3.05) is 0 Å². The Morgan fingerprint density at radius 3 is 2.56 bits per heavy atom. The van der Waals surface area contributed by atoms with Crippen LogP contribution < -0.4 is 0 Å². The first-order chi connectivity index (χ1) is 7.79.